The van der Waals surface area contributed by atoms with Gasteiger partial charge in [0, 0.05) is 5.56 Å². The van der Waals surface area contributed by atoms with Gasteiger partial charge in [0.2, 0.25) is 0 Å². The molecule has 0 radical (unpaired) electrons. The molecule has 20 heavy (non-hydrogen) atoms. The molecule has 0 heterocycles. The molecule has 5 heteroatoms. The van der Waals surface area contributed by atoms with Crippen molar-refractivity contribution in [3.8, 4) is 5.75 Å². The summed E-state index contributed by atoms with van der Waals surface area (Å²) in [6.45, 7) is 2.44. The predicted octanol–water partition coefficient (Wildman–Crippen LogP) is 5.61. The Labute approximate surface area is 133 Å². The van der Waals surface area contributed by atoms with Gasteiger partial charge in [-0.05, 0) is 52.7 Å². The Bertz CT molecular complexity index is 597. The van der Waals surface area contributed by atoms with Crippen molar-refractivity contribution < 1.29 is 13.5 Å². The first-order chi connectivity index (χ1) is 9.54. The molecule has 0 amide bonds. The van der Waals surface area contributed by atoms with E-state index in [4.69, 9.17) is 4.74 Å². The maximum Gasteiger partial charge on any atom is 0.133 e. The molecule has 2 aromatic rings. The van der Waals surface area contributed by atoms with Crippen LogP contribution in [0.2, 0.25) is 0 Å². The number of hydrogen-bond donors (Lipinski definition) is 0. The highest BCUT2D eigenvalue weighted by Crippen LogP contribution is 2.37. The van der Waals surface area contributed by atoms with Crippen molar-refractivity contribution in [2.24, 2.45) is 0 Å². The van der Waals surface area contributed by atoms with E-state index in [9.17, 15) is 8.78 Å². The van der Waals surface area contributed by atoms with Gasteiger partial charge in [0.15, 0.2) is 0 Å². The zero-order valence-electron chi connectivity index (χ0n) is 10.7. The SMILES string of the molecule is CCOc1ccc(C(Br)c2c(F)cccc2F)cc1Br. The molecule has 0 aliphatic carbocycles. The van der Waals surface area contributed by atoms with Crippen LogP contribution in [0, 0.1) is 11.6 Å². The van der Waals surface area contributed by atoms with Crippen LogP contribution in [0.4, 0.5) is 8.78 Å². The highest BCUT2D eigenvalue weighted by molar-refractivity contribution is 9.10. The molecule has 0 saturated carbocycles. The van der Waals surface area contributed by atoms with Gasteiger partial charge >= 0.3 is 0 Å². The second-order valence-corrected chi connectivity index (χ2v) is 5.89. The van der Waals surface area contributed by atoms with Crippen molar-refractivity contribution >= 4 is 31.9 Å². The zero-order valence-corrected chi connectivity index (χ0v) is 13.8. The molecule has 0 aliphatic rings. The van der Waals surface area contributed by atoms with Crippen LogP contribution < -0.4 is 4.74 Å². The van der Waals surface area contributed by atoms with Crippen molar-refractivity contribution in [3.63, 3.8) is 0 Å². The molecule has 0 bridgehead atoms. The van der Waals surface area contributed by atoms with E-state index in [0.29, 0.717) is 12.4 Å². The van der Waals surface area contributed by atoms with Gasteiger partial charge in [-0.2, -0.15) is 0 Å². The van der Waals surface area contributed by atoms with Gasteiger partial charge in [0.05, 0.1) is 15.9 Å². The lowest BCUT2D eigenvalue weighted by molar-refractivity contribution is 0.338. The molecule has 1 nitrogen and oxygen atoms in total. The number of benzene rings is 2. The summed E-state index contributed by atoms with van der Waals surface area (Å²) in [5.41, 5.74) is 0.743. The fraction of sp³-hybridized carbons (Fsp3) is 0.200. The summed E-state index contributed by atoms with van der Waals surface area (Å²) in [6, 6.07) is 9.18. The van der Waals surface area contributed by atoms with E-state index in [-0.39, 0.29) is 5.56 Å². The number of rotatable bonds is 4. The molecular formula is C15H12Br2F2O. The third-order valence-corrected chi connectivity index (χ3v) is 4.41. The normalized spacial score (nSPS) is 12.2. The Morgan fingerprint density at radius 1 is 1.15 bits per heavy atom. The Morgan fingerprint density at radius 2 is 1.80 bits per heavy atom. The number of ether oxygens (including phenoxy) is 1. The van der Waals surface area contributed by atoms with E-state index in [0.717, 1.165) is 10.0 Å². The van der Waals surface area contributed by atoms with Crippen molar-refractivity contribution in [1.29, 1.82) is 0 Å². The van der Waals surface area contributed by atoms with E-state index < -0.39 is 16.5 Å². The van der Waals surface area contributed by atoms with E-state index >= 15 is 0 Å². The molecule has 1 atom stereocenters. The summed E-state index contributed by atoms with van der Waals surface area (Å²) in [5.74, 6) is -0.446. The quantitative estimate of drug-likeness (QED) is 0.600. The average Bonchev–Trinajstić information content (AvgIpc) is 2.41. The summed E-state index contributed by atoms with van der Waals surface area (Å²) in [6.07, 6.45) is 0. The van der Waals surface area contributed by atoms with E-state index in [2.05, 4.69) is 31.9 Å². The molecule has 106 valence electrons. The van der Waals surface area contributed by atoms with Crippen molar-refractivity contribution in [2.45, 2.75) is 11.8 Å². The molecular weight excluding hydrogens is 394 g/mol. The zero-order chi connectivity index (χ0) is 14.7. The summed E-state index contributed by atoms with van der Waals surface area (Å²) in [4.78, 5) is -0.560. The first kappa shape index (κ1) is 15.4. The fourth-order valence-corrected chi connectivity index (χ4v) is 3.10. The minimum absolute atomic E-state index is 0.00330. The van der Waals surface area contributed by atoms with Gasteiger partial charge in [-0.25, -0.2) is 8.78 Å². The molecule has 1 unspecified atom stereocenters. The maximum absolute atomic E-state index is 13.8. The van der Waals surface area contributed by atoms with Gasteiger partial charge in [-0.1, -0.05) is 28.1 Å². The molecule has 0 aliphatic heterocycles. The van der Waals surface area contributed by atoms with Crippen LogP contribution in [0.1, 0.15) is 22.9 Å². The largest absolute Gasteiger partial charge is 0.493 e. The number of halogens is 4. The second-order valence-electron chi connectivity index (χ2n) is 4.12. The lowest BCUT2D eigenvalue weighted by Gasteiger charge is -2.14. The van der Waals surface area contributed by atoms with Crippen LogP contribution >= 0.6 is 31.9 Å². The van der Waals surface area contributed by atoms with Crippen molar-refractivity contribution in [1.82, 2.24) is 0 Å². The van der Waals surface area contributed by atoms with E-state index in [1.165, 1.54) is 18.2 Å². The Balaban J connectivity index is 2.39. The smallest absolute Gasteiger partial charge is 0.133 e. The van der Waals surface area contributed by atoms with E-state index in [1.807, 2.05) is 6.92 Å². The summed E-state index contributed by atoms with van der Waals surface area (Å²) in [7, 11) is 0. The van der Waals surface area contributed by atoms with Crippen LogP contribution in [0.3, 0.4) is 0 Å². The highest BCUT2D eigenvalue weighted by atomic mass is 79.9. The molecule has 0 N–H and O–H groups in total. The standard InChI is InChI=1S/C15H12Br2F2O/c1-2-20-13-7-6-9(8-10(13)16)15(17)14-11(18)4-3-5-12(14)19/h3-8,15H,2H2,1H3. The lowest BCUT2D eigenvalue weighted by atomic mass is 10.0. The summed E-state index contributed by atoms with van der Waals surface area (Å²) in [5, 5.41) is 0. The summed E-state index contributed by atoms with van der Waals surface area (Å²) < 4.78 is 33.7. The van der Waals surface area contributed by atoms with E-state index in [1.54, 1.807) is 18.2 Å². The van der Waals surface area contributed by atoms with Gasteiger partial charge < -0.3 is 4.74 Å². The fourth-order valence-electron chi connectivity index (χ4n) is 1.87. The monoisotopic (exact) mass is 404 g/mol. The Hall–Kier alpha value is -0.940. The Morgan fingerprint density at radius 3 is 2.35 bits per heavy atom. The number of hydrogen-bond acceptors (Lipinski definition) is 1. The van der Waals surface area contributed by atoms with Crippen LogP contribution in [0.15, 0.2) is 40.9 Å². The molecule has 0 spiro atoms. The first-order valence-corrected chi connectivity index (χ1v) is 7.75. The molecule has 0 fully saturated rings. The molecule has 2 rings (SSSR count). The maximum atomic E-state index is 13.8. The third-order valence-electron chi connectivity index (χ3n) is 2.80. The number of alkyl halides is 1. The van der Waals surface area contributed by atoms with Gasteiger partial charge in [0.1, 0.15) is 17.4 Å². The van der Waals surface area contributed by atoms with Crippen LogP contribution in [0.5, 0.6) is 5.75 Å². The third kappa shape index (κ3) is 3.20. The summed E-state index contributed by atoms with van der Waals surface area (Å²) >= 11 is 6.74. The molecule has 2 aromatic carbocycles. The first-order valence-electron chi connectivity index (χ1n) is 6.04. The van der Waals surface area contributed by atoms with Gasteiger partial charge in [-0.3, -0.25) is 0 Å². The van der Waals surface area contributed by atoms with Crippen molar-refractivity contribution in [3.05, 3.63) is 63.6 Å². The van der Waals surface area contributed by atoms with Crippen LogP contribution in [-0.2, 0) is 0 Å². The van der Waals surface area contributed by atoms with Gasteiger partial charge in [-0.15, -0.1) is 0 Å². The predicted molar refractivity (Wildman–Crippen MR) is 82.4 cm³/mol. The van der Waals surface area contributed by atoms with Gasteiger partial charge in [0.25, 0.3) is 0 Å². The average molecular weight is 406 g/mol. The van der Waals surface area contributed by atoms with Crippen molar-refractivity contribution in [2.75, 3.05) is 6.61 Å². The second kappa shape index (κ2) is 6.68. The van der Waals surface area contributed by atoms with Crippen LogP contribution in [0.25, 0.3) is 0 Å². The molecule has 0 saturated heterocycles. The highest BCUT2D eigenvalue weighted by Gasteiger charge is 2.20. The Kier molecular flexibility index (Phi) is 5.16. The minimum atomic E-state index is -0.572. The minimum Gasteiger partial charge on any atom is -0.493 e. The molecule has 0 aromatic heterocycles. The topological polar surface area (TPSA) is 9.23 Å². The van der Waals surface area contributed by atoms with Crippen LogP contribution in [-0.4, -0.2) is 6.61 Å². The lowest BCUT2D eigenvalue weighted by Crippen LogP contribution is -2.01.